The van der Waals surface area contributed by atoms with Crippen LogP contribution in [0.5, 0.6) is 5.75 Å². The van der Waals surface area contributed by atoms with Crippen LogP contribution in [-0.4, -0.2) is 39.3 Å². The van der Waals surface area contributed by atoms with Crippen LogP contribution in [0.1, 0.15) is 22.5 Å². The number of hydrogen-bond donors (Lipinski definition) is 1. The Balaban J connectivity index is 1.45. The van der Waals surface area contributed by atoms with Gasteiger partial charge in [-0.25, -0.2) is 4.98 Å². The number of likely N-dealkylation sites (tertiary alicyclic amines) is 1. The molecule has 2 aromatic heterocycles. The average Bonchev–Trinajstić information content (AvgIpc) is 3.25. The van der Waals surface area contributed by atoms with Gasteiger partial charge in [0.25, 0.3) is 5.91 Å². The van der Waals surface area contributed by atoms with E-state index in [4.69, 9.17) is 10.5 Å². The number of amides is 1. The molecule has 0 unspecified atom stereocenters. The van der Waals surface area contributed by atoms with E-state index in [-0.39, 0.29) is 11.9 Å². The molecule has 0 aliphatic carbocycles. The zero-order valence-corrected chi connectivity index (χ0v) is 13.8. The number of nitrogens with two attached hydrogens (primary N) is 1. The van der Waals surface area contributed by atoms with E-state index in [2.05, 4.69) is 4.98 Å². The van der Waals surface area contributed by atoms with Crippen LogP contribution in [0, 0.1) is 0 Å². The van der Waals surface area contributed by atoms with Crippen molar-refractivity contribution in [3.8, 4) is 5.75 Å². The molecule has 1 aromatic carbocycles. The zero-order valence-electron chi connectivity index (χ0n) is 13.8. The van der Waals surface area contributed by atoms with Gasteiger partial charge in [-0.15, -0.1) is 0 Å². The predicted octanol–water partition coefficient (Wildman–Crippen LogP) is 2.09. The quantitative estimate of drug-likeness (QED) is 0.792. The van der Waals surface area contributed by atoms with Crippen molar-refractivity contribution in [2.75, 3.05) is 13.1 Å². The molecule has 0 radical (unpaired) electrons. The lowest BCUT2D eigenvalue weighted by Gasteiger charge is -2.16. The maximum absolute atomic E-state index is 12.5. The number of hydrogen-bond acceptors (Lipinski definition) is 4. The number of rotatable bonds is 4. The third-order valence-corrected chi connectivity index (χ3v) is 4.39. The second-order valence-corrected chi connectivity index (χ2v) is 6.31. The molecular formula is C19H20N4O2. The zero-order chi connectivity index (χ0) is 17.2. The minimum absolute atomic E-state index is 0.00568. The van der Waals surface area contributed by atoms with Gasteiger partial charge in [0, 0.05) is 37.1 Å². The molecule has 1 aliphatic rings. The Hall–Kier alpha value is -2.86. The smallest absolute Gasteiger partial charge is 0.254 e. The molecule has 0 spiro atoms. The van der Waals surface area contributed by atoms with Gasteiger partial charge in [0.05, 0.1) is 5.69 Å². The SMILES string of the molecule is N[C@@H]1CCN(C(=O)c2cccc(OCc3cn4ccccc4n3)c2)C1. The van der Waals surface area contributed by atoms with Crippen LogP contribution in [0.25, 0.3) is 5.65 Å². The molecule has 128 valence electrons. The van der Waals surface area contributed by atoms with Gasteiger partial charge in [-0.05, 0) is 36.8 Å². The highest BCUT2D eigenvalue weighted by molar-refractivity contribution is 5.94. The minimum atomic E-state index is 0.00568. The molecule has 3 heterocycles. The number of aromatic nitrogens is 2. The highest BCUT2D eigenvalue weighted by Gasteiger charge is 2.24. The number of fused-ring (bicyclic) bond motifs is 1. The molecule has 1 aliphatic heterocycles. The first-order valence-corrected chi connectivity index (χ1v) is 8.39. The predicted molar refractivity (Wildman–Crippen MR) is 94.5 cm³/mol. The van der Waals surface area contributed by atoms with Crippen LogP contribution in [-0.2, 0) is 6.61 Å². The number of benzene rings is 1. The van der Waals surface area contributed by atoms with Crippen molar-refractivity contribution < 1.29 is 9.53 Å². The van der Waals surface area contributed by atoms with Crippen molar-refractivity contribution in [2.24, 2.45) is 5.73 Å². The van der Waals surface area contributed by atoms with Crippen molar-refractivity contribution in [3.63, 3.8) is 0 Å². The second-order valence-electron chi connectivity index (χ2n) is 6.31. The van der Waals surface area contributed by atoms with Crippen molar-refractivity contribution >= 4 is 11.6 Å². The van der Waals surface area contributed by atoms with E-state index >= 15 is 0 Å². The largest absolute Gasteiger partial charge is 0.487 e. The number of nitrogens with zero attached hydrogens (tertiary/aromatic N) is 3. The van der Waals surface area contributed by atoms with Gasteiger partial charge in [0.15, 0.2) is 0 Å². The summed E-state index contributed by atoms with van der Waals surface area (Å²) in [7, 11) is 0. The fourth-order valence-electron chi connectivity index (χ4n) is 3.09. The maximum Gasteiger partial charge on any atom is 0.254 e. The highest BCUT2D eigenvalue weighted by atomic mass is 16.5. The first kappa shape index (κ1) is 15.7. The minimum Gasteiger partial charge on any atom is -0.487 e. The van der Waals surface area contributed by atoms with Crippen molar-refractivity contribution in [3.05, 3.63) is 66.1 Å². The Bertz CT molecular complexity index is 872. The first-order chi connectivity index (χ1) is 12.2. The fourth-order valence-corrected chi connectivity index (χ4v) is 3.09. The molecule has 25 heavy (non-hydrogen) atoms. The third kappa shape index (κ3) is 3.34. The Labute approximate surface area is 145 Å². The lowest BCUT2D eigenvalue weighted by atomic mass is 10.2. The van der Waals surface area contributed by atoms with Crippen LogP contribution in [0.2, 0.25) is 0 Å². The number of pyridine rings is 1. The highest BCUT2D eigenvalue weighted by Crippen LogP contribution is 2.18. The van der Waals surface area contributed by atoms with Crippen LogP contribution < -0.4 is 10.5 Å². The second kappa shape index (κ2) is 6.57. The van der Waals surface area contributed by atoms with Crippen molar-refractivity contribution in [2.45, 2.75) is 19.1 Å². The Kier molecular flexibility index (Phi) is 4.11. The van der Waals surface area contributed by atoms with Crippen molar-refractivity contribution in [1.29, 1.82) is 0 Å². The average molecular weight is 336 g/mol. The standard InChI is InChI=1S/C19H20N4O2/c20-15-7-9-23(11-15)19(24)14-4-3-5-17(10-14)25-13-16-12-22-8-2-1-6-18(22)21-16/h1-6,8,10,12,15H,7,9,11,13,20H2/t15-/m1/s1. The van der Waals surface area contributed by atoms with E-state index in [1.165, 1.54) is 0 Å². The van der Waals surface area contributed by atoms with Gasteiger partial charge in [-0.2, -0.15) is 0 Å². The van der Waals surface area contributed by atoms with Gasteiger partial charge in [-0.1, -0.05) is 12.1 Å². The monoisotopic (exact) mass is 336 g/mol. The number of imidazole rings is 1. The van der Waals surface area contributed by atoms with E-state index in [1.54, 1.807) is 11.0 Å². The summed E-state index contributed by atoms with van der Waals surface area (Å²) in [6.45, 7) is 1.69. The molecule has 4 rings (SSSR count). The summed E-state index contributed by atoms with van der Waals surface area (Å²) in [5, 5.41) is 0. The van der Waals surface area contributed by atoms with E-state index < -0.39 is 0 Å². The van der Waals surface area contributed by atoms with Crippen LogP contribution in [0.15, 0.2) is 54.9 Å². The summed E-state index contributed by atoms with van der Waals surface area (Å²) >= 11 is 0. The molecule has 1 saturated heterocycles. The van der Waals surface area contributed by atoms with Crippen LogP contribution in [0.3, 0.4) is 0 Å². The molecule has 2 N–H and O–H groups in total. The van der Waals surface area contributed by atoms with Gasteiger partial charge < -0.3 is 19.8 Å². The Morgan fingerprint density at radius 2 is 2.20 bits per heavy atom. The van der Waals surface area contributed by atoms with Gasteiger partial charge in [0.2, 0.25) is 0 Å². The normalized spacial score (nSPS) is 17.2. The molecule has 0 bridgehead atoms. The summed E-state index contributed by atoms with van der Waals surface area (Å²) in [5.74, 6) is 0.664. The molecule has 6 heteroatoms. The van der Waals surface area contributed by atoms with Crippen LogP contribution >= 0.6 is 0 Å². The number of carbonyl (C=O) groups excluding carboxylic acids is 1. The summed E-state index contributed by atoms with van der Waals surface area (Å²) in [5.41, 5.74) is 8.24. The van der Waals surface area contributed by atoms with Crippen molar-refractivity contribution in [1.82, 2.24) is 14.3 Å². The van der Waals surface area contributed by atoms with Gasteiger partial charge in [-0.3, -0.25) is 4.79 Å². The Morgan fingerprint density at radius 1 is 1.28 bits per heavy atom. The Morgan fingerprint density at radius 3 is 3.00 bits per heavy atom. The summed E-state index contributed by atoms with van der Waals surface area (Å²) in [6.07, 6.45) is 4.75. The number of ether oxygens (including phenoxy) is 1. The molecule has 1 amide bonds. The topological polar surface area (TPSA) is 72.9 Å². The van der Waals surface area contributed by atoms with E-state index in [1.807, 2.05) is 53.2 Å². The molecule has 0 saturated carbocycles. The summed E-state index contributed by atoms with van der Waals surface area (Å²) < 4.78 is 7.78. The molecule has 1 atom stereocenters. The molecule has 6 nitrogen and oxygen atoms in total. The number of carbonyl (C=O) groups is 1. The lowest BCUT2D eigenvalue weighted by molar-refractivity contribution is 0.0790. The van der Waals surface area contributed by atoms with Gasteiger partial charge >= 0.3 is 0 Å². The third-order valence-electron chi connectivity index (χ3n) is 4.39. The van der Waals surface area contributed by atoms with E-state index in [0.717, 1.165) is 17.8 Å². The first-order valence-electron chi connectivity index (χ1n) is 8.39. The molecule has 3 aromatic rings. The molecule has 1 fully saturated rings. The molecular weight excluding hydrogens is 316 g/mol. The fraction of sp³-hybridized carbons (Fsp3) is 0.263. The lowest BCUT2D eigenvalue weighted by Crippen LogP contribution is -2.31. The van der Waals surface area contributed by atoms with Crippen LogP contribution in [0.4, 0.5) is 0 Å². The summed E-state index contributed by atoms with van der Waals surface area (Å²) in [4.78, 5) is 18.8. The maximum atomic E-state index is 12.5. The van der Waals surface area contributed by atoms with Gasteiger partial charge in [0.1, 0.15) is 18.0 Å². The van der Waals surface area contributed by atoms with E-state index in [0.29, 0.717) is 31.0 Å². The van der Waals surface area contributed by atoms with E-state index in [9.17, 15) is 4.79 Å². The summed E-state index contributed by atoms with van der Waals surface area (Å²) in [6, 6.07) is 13.2.